The lowest BCUT2D eigenvalue weighted by atomic mass is 9.86. The largest absolute Gasteiger partial charge is 0.482 e. The molecule has 1 aliphatic rings. The molecule has 0 bridgehead atoms. The van der Waals surface area contributed by atoms with E-state index in [1.807, 2.05) is 24.3 Å². The van der Waals surface area contributed by atoms with Gasteiger partial charge in [-0.2, -0.15) is 5.26 Å². The number of benzene rings is 1. The predicted molar refractivity (Wildman–Crippen MR) is 90.9 cm³/mol. The molecule has 2 amide bonds. The van der Waals surface area contributed by atoms with Crippen molar-refractivity contribution in [3.8, 4) is 11.8 Å². The summed E-state index contributed by atoms with van der Waals surface area (Å²) in [6.45, 7) is 6.49. The molecule has 128 valence electrons. The Balaban J connectivity index is 2.27. The Bertz CT molecular complexity index is 686. The first-order valence-corrected chi connectivity index (χ1v) is 7.92. The van der Waals surface area contributed by atoms with Crippen LogP contribution in [0.3, 0.4) is 0 Å². The van der Waals surface area contributed by atoms with E-state index in [1.54, 1.807) is 7.05 Å². The number of fused-ring (bicyclic) bond motifs is 1. The third-order valence-corrected chi connectivity index (χ3v) is 4.05. The second kappa shape index (κ2) is 6.91. The summed E-state index contributed by atoms with van der Waals surface area (Å²) in [6.07, 6.45) is 0.268. The number of amides is 2. The average molecular weight is 329 g/mol. The molecule has 1 aromatic rings. The average Bonchev–Trinajstić information content (AvgIpc) is 2.53. The standard InChI is InChI=1S/C18H23N3O3/c1-18(2,3)13-6-7-15-14(10-13)21(17(23)12-24-15)11-16(22)20(4)9-5-8-19/h6-7,10H,5,9,11-12H2,1-4H3. The Labute approximate surface area is 142 Å². The van der Waals surface area contributed by atoms with Crippen molar-refractivity contribution in [2.75, 3.05) is 31.6 Å². The maximum atomic E-state index is 12.3. The molecule has 0 spiro atoms. The van der Waals surface area contributed by atoms with Crippen molar-refractivity contribution in [3.63, 3.8) is 0 Å². The molecule has 0 radical (unpaired) electrons. The fraction of sp³-hybridized carbons (Fsp3) is 0.500. The lowest BCUT2D eigenvalue weighted by Crippen LogP contribution is -2.45. The van der Waals surface area contributed by atoms with Crippen LogP contribution >= 0.6 is 0 Å². The summed E-state index contributed by atoms with van der Waals surface area (Å²) in [5.41, 5.74) is 1.62. The number of ether oxygens (including phenoxy) is 1. The van der Waals surface area contributed by atoms with Gasteiger partial charge in [-0.1, -0.05) is 26.8 Å². The number of anilines is 1. The van der Waals surface area contributed by atoms with Crippen molar-refractivity contribution in [3.05, 3.63) is 23.8 Å². The lowest BCUT2D eigenvalue weighted by Gasteiger charge is -2.32. The molecule has 1 heterocycles. The first-order chi connectivity index (χ1) is 11.2. The molecule has 0 N–H and O–H groups in total. The second-order valence-corrected chi connectivity index (χ2v) is 6.92. The van der Waals surface area contributed by atoms with Gasteiger partial charge in [0, 0.05) is 13.6 Å². The highest BCUT2D eigenvalue weighted by atomic mass is 16.5. The zero-order valence-corrected chi connectivity index (χ0v) is 14.6. The van der Waals surface area contributed by atoms with E-state index in [0.29, 0.717) is 18.0 Å². The summed E-state index contributed by atoms with van der Waals surface area (Å²) in [6, 6.07) is 7.75. The molecule has 24 heavy (non-hydrogen) atoms. The van der Waals surface area contributed by atoms with Crippen LogP contribution in [0.4, 0.5) is 5.69 Å². The molecule has 1 aromatic carbocycles. The highest BCUT2D eigenvalue weighted by Gasteiger charge is 2.29. The van der Waals surface area contributed by atoms with Gasteiger partial charge in [0.05, 0.1) is 18.2 Å². The van der Waals surface area contributed by atoms with Crippen LogP contribution < -0.4 is 9.64 Å². The van der Waals surface area contributed by atoms with E-state index in [0.717, 1.165) is 5.56 Å². The van der Waals surface area contributed by atoms with Crippen molar-refractivity contribution in [2.24, 2.45) is 0 Å². The molecule has 0 saturated heterocycles. The summed E-state index contributed by atoms with van der Waals surface area (Å²) in [7, 11) is 1.64. The van der Waals surface area contributed by atoms with E-state index < -0.39 is 0 Å². The van der Waals surface area contributed by atoms with E-state index in [9.17, 15) is 9.59 Å². The number of hydrogen-bond donors (Lipinski definition) is 0. The Kier molecular flexibility index (Phi) is 5.13. The van der Waals surface area contributed by atoms with Crippen LogP contribution in [0.25, 0.3) is 0 Å². The van der Waals surface area contributed by atoms with Crippen molar-refractivity contribution in [2.45, 2.75) is 32.6 Å². The van der Waals surface area contributed by atoms with Crippen molar-refractivity contribution in [1.82, 2.24) is 4.90 Å². The highest BCUT2D eigenvalue weighted by molar-refractivity contribution is 6.02. The summed E-state index contributed by atoms with van der Waals surface area (Å²) < 4.78 is 5.48. The van der Waals surface area contributed by atoms with Crippen LogP contribution in [0, 0.1) is 11.3 Å². The molecular weight excluding hydrogens is 306 g/mol. The first-order valence-electron chi connectivity index (χ1n) is 7.92. The zero-order chi connectivity index (χ0) is 17.9. The number of carbonyl (C=O) groups excluding carboxylic acids is 2. The fourth-order valence-electron chi connectivity index (χ4n) is 2.44. The van der Waals surface area contributed by atoms with Gasteiger partial charge in [0.25, 0.3) is 5.91 Å². The second-order valence-electron chi connectivity index (χ2n) is 6.92. The number of nitriles is 1. The minimum atomic E-state index is -0.240. The third kappa shape index (κ3) is 3.85. The monoisotopic (exact) mass is 329 g/mol. The maximum absolute atomic E-state index is 12.3. The quantitative estimate of drug-likeness (QED) is 0.848. The van der Waals surface area contributed by atoms with Gasteiger partial charge >= 0.3 is 0 Å². The topological polar surface area (TPSA) is 73.6 Å². The Morgan fingerprint density at radius 3 is 2.75 bits per heavy atom. The van der Waals surface area contributed by atoms with Crippen molar-refractivity contribution in [1.29, 1.82) is 5.26 Å². The van der Waals surface area contributed by atoms with E-state index >= 15 is 0 Å². The van der Waals surface area contributed by atoms with Gasteiger partial charge in [0.15, 0.2) is 6.61 Å². The molecule has 0 aromatic heterocycles. The molecule has 0 atom stereocenters. The Morgan fingerprint density at radius 1 is 1.42 bits per heavy atom. The van der Waals surface area contributed by atoms with Gasteiger partial charge in [-0.05, 0) is 23.1 Å². The van der Waals surface area contributed by atoms with Gasteiger partial charge in [0.2, 0.25) is 5.91 Å². The molecule has 0 fully saturated rings. The van der Waals surface area contributed by atoms with E-state index in [-0.39, 0.29) is 36.8 Å². The number of nitrogens with zero attached hydrogens (tertiary/aromatic N) is 3. The van der Waals surface area contributed by atoms with Crippen molar-refractivity contribution < 1.29 is 14.3 Å². The van der Waals surface area contributed by atoms with Gasteiger partial charge in [-0.25, -0.2) is 0 Å². The zero-order valence-electron chi connectivity index (χ0n) is 14.6. The molecule has 0 saturated carbocycles. The van der Waals surface area contributed by atoms with Crippen molar-refractivity contribution >= 4 is 17.5 Å². The lowest BCUT2D eigenvalue weighted by molar-refractivity contribution is -0.130. The van der Waals surface area contributed by atoms with Crippen LogP contribution in [0.2, 0.25) is 0 Å². The smallest absolute Gasteiger partial charge is 0.265 e. The van der Waals surface area contributed by atoms with Crippen LogP contribution in [0.5, 0.6) is 5.75 Å². The number of likely N-dealkylation sites (N-methyl/N-ethyl adjacent to an activating group) is 1. The third-order valence-electron chi connectivity index (χ3n) is 4.05. The van der Waals surface area contributed by atoms with Gasteiger partial charge in [-0.15, -0.1) is 0 Å². The number of hydrogen-bond acceptors (Lipinski definition) is 4. The molecule has 6 nitrogen and oxygen atoms in total. The van der Waals surface area contributed by atoms with E-state index in [1.165, 1.54) is 9.80 Å². The molecule has 6 heteroatoms. The fourth-order valence-corrected chi connectivity index (χ4v) is 2.44. The van der Waals surface area contributed by atoms with Crippen LogP contribution in [-0.2, 0) is 15.0 Å². The highest BCUT2D eigenvalue weighted by Crippen LogP contribution is 2.36. The molecular formula is C18H23N3O3. The van der Waals surface area contributed by atoms with E-state index in [2.05, 4.69) is 20.8 Å². The number of carbonyl (C=O) groups is 2. The first kappa shape index (κ1) is 17.8. The van der Waals surface area contributed by atoms with E-state index in [4.69, 9.17) is 10.00 Å². The molecule has 2 rings (SSSR count). The van der Waals surface area contributed by atoms with Gasteiger partial charge < -0.3 is 9.64 Å². The SMILES string of the molecule is CN(CCC#N)C(=O)CN1C(=O)COc2ccc(C(C)(C)C)cc21. The van der Waals surface area contributed by atoms with Crippen LogP contribution in [-0.4, -0.2) is 43.5 Å². The van der Waals surface area contributed by atoms with Crippen LogP contribution in [0.1, 0.15) is 32.8 Å². The molecule has 0 unspecified atom stereocenters. The maximum Gasteiger partial charge on any atom is 0.265 e. The summed E-state index contributed by atoms with van der Waals surface area (Å²) >= 11 is 0. The summed E-state index contributed by atoms with van der Waals surface area (Å²) in [5, 5.41) is 8.63. The summed E-state index contributed by atoms with van der Waals surface area (Å²) in [5.74, 6) is 0.165. The normalized spacial score (nSPS) is 13.8. The Hall–Kier alpha value is -2.55. The predicted octanol–water partition coefficient (Wildman–Crippen LogP) is 2.08. The Morgan fingerprint density at radius 2 is 2.12 bits per heavy atom. The van der Waals surface area contributed by atoms with Gasteiger partial charge in [0.1, 0.15) is 12.3 Å². The summed E-state index contributed by atoms with van der Waals surface area (Å²) in [4.78, 5) is 27.5. The number of rotatable bonds is 4. The molecule has 0 aliphatic carbocycles. The minimum Gasteiger partial charge on any atom is -0.482 e. The minimum absolute atomic E-state index is 0.0509. The molecule has 1 aliphatic heterocycles. The van der Waals surface area contributed by atoms with Gasteiger partial charge in [-0.3, -0.25) is 14.5 Å². The van der Waals surface area contributed by atoms with Crippen LogP contribution in [0.15, 0.2) is 18.2 Å².